The average Bonchev–Trinajstić information content (AvgIpc) is 2.71. The van der Waals surface area contributed by atoms with Crippen molar-refractivity contribution in [1.82, 2.24) is 0 Å². The summed E-state index contributed by atoms with van der Waals surface area (Å²) in [5.74, 6) is -0.705. The van der Waals surface area contributed by atoms with E-state index in [1.807, 2.05) is 0 Å². The van der Waals surface area contributed by atoms with E-state index in [0.717, 1.165) is 10.9 Å². The molecule has 2 aromatic carbocycles. The number of methoxy groups -OCH3 is 1. The Kier molecular flexibility index (Phi) is 6.96. The van der Waals surface area contributed by atoms with Crippen LogP contribution in [0.4, 0.5) is 8.78 Å². The molecule has 0 atom stereocenters. The van der Waals surface area contributed by atoms with Gasteiger partial charge in [0, 0.05) is 17.5 Å². The minimum atomic E-state index is -3.07. The minimum absolute atomic E-state index is 0.0250. The highest BCUT2D eigenvalue weighted by atomic mass is 35.5. The smallest absolute Gasteiger partial charge is 0.387 e. The number of ether oxygens (including phenoxy) is 4. The van der Waals surface area contributed by atoms with Crippen LogP contribution in [-0.2, 0) is 16.1 Å². The molecule has 0 fully saturated rings. The molecule has 164 valence electrons. The number of alkyl halides is 2. The lowest BCUT2D eigenvalue weighted by Gasteiger charge is -2.13. The van der Waals surface area contributed by atoms with Crippen LogP contribution < -0.4 is 19.8 Å². The quantitative estimate of drug-likeness (QED) is 0.366. The number of esters is 1. The fraction of sp³-hybridized carbons (Fsp3) is 0.238. The van der Waals surface area contributed by atoms with E-state index in [1.54, 1.807) is 19.1 Å². The Bertz CT molecular complexity index is 1160. The van der Waals surface area contributed by atoms with Crippen LogP contribution in [0.5, 0.6) is 17.2 Å². The number of aryl methyl sites for hydroxylation is 1. The molecular weight excluding hydrogens is 438 g/mol. The van der Waals surface area contributed by atoms with E-state index in [2.05, 4.69) is 4.74 Å². The summed E-state index contributed by atoms with van der Waals surface area (Å²) < 4.78 is 49.9. The lowest BCUT2D eigenvalue weighted by Crippen LogP contribution is -2.15. The first-order valence-electron chi connectivity index (χ1n) is 8.91. The predicted octanol–water partition coefficient (Wildman–Crippen LogP) is 4.49. The molecule has 31 heavy (non-hydrogen) atoms. The molecule has 1 aromatic heterocycles. The monoisotopic (exact) mass is 454 g/mol. The highest BCUT2D eigenvalue weighted by molar-refractivity contribution is 6.32. The largest absolute Gasteiger partial charge is 0.493 e. The predicted molar refractivity (Wildman–Crippen MR) is 107 cm³/mol. The number of hydrogen-bond acceptors (Lipinski definition) is 7. The van der Waals surface area contributed by atoms with Crippen molar-refractivity contribution in [2.45, 2.75) is 20.1 Å². The Balaban J connectivity index is 1.61. The maximum atomic E-state index is 12.5. The molecule has 0 unspecified atom stereocenters. The molecule has 0 amide bonds. The van der Waals surface area contributed by atoms with Crippen molar-refractivity contribution >= 4 is 28.5 Å². The Morgan fingerprint density at radius 1 is 1.19 bits per heavy atom. The first-order chi connectivity index (χ1) is 14.8. The Hall–Kier alpha value is -3.33. The summed E-state index contributed by atoms with van der Waals surface area (Å²) in [5, 5.41) is 0.634. The SMILES string of the molecule is COc1cc(COC(=O)COc2ccc3c(C)cc(=O)oc3c2)cc(Cl)c1OC(F)F. The van der Waals surface area contributed by atoms with Gasteiger partial charge < -0.3 is 23.4 Å². The number of rotatable bonds is 8. The minimum Gasteiger partial charge on any atom is -0.493 e. The van der Waals surface area contributed by atoms with Gasteiger partial charge in [0.1, 0.15) is 17.9 Å². The van der Waals surface area contributed by atoms with Crippen LogP contribution in [0.3, 0.4) is 0 Å². The summed E-state index contributed by atoms with van der Waals surface area (Å²) in [5.41, 5.74) is 1.01. The maximum Gasteiger partial charge on any atom is 0.387 e. The second-order valence-electron chi connectivity index (χ2n) is 6.34. The van der Waals surface area contributed by atoms with E-state index in [1.165, 1.54) is 31.4 Å². The first-order valence-corrected chi connectivity index (χ1v) is 9.28. The van der Waals surface area contributed by atoms with Crippen LogP contribution in [0.25, 0.3) is 11.0 Å². The van der Waals surface area contributed by atoms with Crippen LogP contribution in [0.2, 0.25) is 5.02 Å². The molecule has 0 aliphatic rings. The summed E-state index contributed by atoms with van der Waals surface area (Å²) in [6.07, 6.45) is 0. The highest BCUT2D eigenvalue weighted by Gasteiger charge is 2.17. The molecule has 7 nitrogen and oxygen atoms in total. The molecule has 0 N–H and O–H groups in total. The van der Waals surface area contributed by atoms with Gasteiger partial charge in [-0.05, 0) is 42.3 Å². The van der Waals surface area contributed by atoms with Crippen molar-refractivity contribution < 1.29 is 36.9 Å². The van der Waals surface area contributed by atoms with Crippen molar-refractivity contribution in [2.24, 2.45) is 0 Å². The van der Waals surface area contributed by atoms with Crippen LogP contribution in [0, 0.1) is 6.92 Å². The second kappa shape index (κ2) is 9.65. The van der Waals surface area contributed by atoms with Crippen molar-refractivity contribution in [3.05, 3.63) is 63.0 Å². The topological polar surface area (TPSA) is 84.2 Å². The van der Waals surface area contributed by atoms with Crippen LogP contribution in [0.15, 0.2) is 45.6 Å². The molecule has 0 aliphatic carbocycles. The summed E-state index contributed by atoms with van der Waals surface area (Å²) >= 11 is 5.95. The van der Waals surface area contributed by atoms with Crippen molar-refractivity contribution in [2.75, 3.05) is 13.7 Å². The number of carbonyl (C=O) groups excluding carboxylic acids is 1. The molecule has 0 spiro atoms. The average molecular weight is 455 g/mol. The molecule has 0 saturated heterocycles. The van der Waals surface area contributed by atoms with E-state index < -0.39 is 24.8 Å². The third-order valence-electron chi connectivity index (χ3n) is 4.18. The number of benzene rings is 2. The third kappa shape index (κ3) is 5.64. The van der Waals surface area contributed by atoms with Crippen LogP contribution in [-0.4, -0.2) is 26.3 Å². The fourth-order valence-electron chi connectivity index (χ4n) is 2.80. The Labute approximate surface area is 180 Å². The van der Waals surface area contributed by atoms with Crippen LogP contribution in [0.1, 0.15) is 11.1 Å². The van der Waals surface area contributed by atoms with Gasteiger partial charge in [-0.3, -0.25) is 0 Å². The maximum absolute atomic E-state index is 12.5. The van der Waals surface area contributed by atoms with Crippen molar-refractivity contribution in [3.63, 3.8) is 0 Å². The number of halogens is 3. The molecule has 0 aliphatic heterocycles. The van der Waals surface area contributed by atoms with Gasteiger partial charge in [-0.2, -0.15) is 8.78 Å². The summed E-state index contributed by atoms with van der Waals surface area (Å²) in [4.78, 5) is 23.5. The Morgan fingerprint density at radius 2 is 1.97 bits per heavy atom. The molecule has 0 saturated carbocycles. The summed E-state index contributed by atoms with van der Waals surface area (Å²) in [6.45, 7) is -1.89. The molecule has 0 radical (unpaired) electrons. The van der Waals surface area contributed by atoms with Crippen molar-refractivity contribution in [3.8, 4) is 17.2 Å². The second-order valence-corrected chi connectivity index (χ2v) is 6.75. The lowest BCUT2D eigenvalue weighted by molar-refractivity contribution is -0.147. The summed E-state index contributed by atoms with van der Waals surface area (Å²) in [6, 6.07) is 8.92. The molecular formula is C21H17ClF2O7. The van der Waals surface area contributed by atoms with Crippen LogP contribution >= 0.6 is 11.6 Å². The fourth-order valence-corrected chi connectivity index (χ4v) is 3.08. The highest BCUT2D eigenvalue weighted by Crippen LogP contribution is 2.37. The van der Waals surface area contributed by atoms with E-state index in [4.69, 9.17) is 30.2 Å². The van der Waals surface area contributed by atoms with E-state index in [0.29, 0.717) is 16.9 Å². The standard InChI is InChI=1S/C21H17ClF2O7/c1-11-5-18(25)30-16-8-13(3-4-14(11)16)28-10-19(26)29-9-12-6-15(22)20(31-21(23)24)17(7-12)27-2/h3-8,21H,9-10H2,1-2H3. The normalized spacial score (nSPS) is 10.9. The van der Waals surface area contributed by atoms with Crippen molar-refractivity contribution in [1.29, 1.82) is 0 Å². The van der Waals surface area contributed by atoms with Gasteiger partial charge in [-0.25, -0.2) is 9.59 Å². The number of hydrogen-bond donors (Lipinski definition) is 0. The van der Waals surface area contributed by atoms with Gasteiger partial charge >= 0.3 is 18.2 Å². The first kappa shape index (κ1) is 22.4. The lowest BCUT2D eigenvalue weighted by atomic mass is 10.1. The molecule has 10 heteroatoms. The third-order valence-corrected chi connectivity index (χ3v) is 4.46. The van der Waals surface area contributed by atoms with Gasteiger partial charge in [-0.1, -0.05) is 11.6 Å². The van der Waals surface area contributed by atoms with Gasteiger partial charge in [0.15, 0.2) is 18.1 Å². The zero-order valence-corrected chi connectivity index (χ0v) is 17.2. The number of carbonyl (C=O) groups is 1. The van der Waals surface area contributed by atoms with Gasteiger partial charge in [0.05, 0.1) is 12.1 Å². The Morgan fingerprint density at radius 3 is 2.68 bits per heavy atom. The summed E-state index contributed by atoms with van der Waals surface area (Å²) in [7, 11) is 1.26. The van der Waals surface area contributed by atoms with E-state index in [-0.39, 0.29) is 23.1 Å². The van der Waals surface area contributed by atoms with Gasteiger partial charge in [0.2, 0.25) is 0 Å². The molecule has 3 aromatic rings. The molecule has 1 heterocycles. The van der Waals surface area contributed by atoms with E-state index >= 15 is 0 Å². The zero-order valence-electron chi connectivity index (χ0n) is 16.4. The van der Waals surface area contributed by atoms with Gasteiger partial charge in [-0.15, -0.1) is 0 Å². The molecule has 3 rings (SSSR count). The zero-order chi connectivity index (χ0) is 22.5. The molecule has 0 bridgehead atoms. The van der Waals surface area contributed by atoms with E-state index in [9.17, 15) is 18.4 Å². The van der Waals surface area contributed by atoms with Gasteiger partial charge in [0.25, 0.3) is 0 Å². The number of fused-ring (bicyclic) bond motifs is 1.